The molecule has 18 nitrogen and oxygen atoms in total. The van der Waals surface area contributed by atoms with Crippen molar-refractivity contribution in [2.24, 2.45) is 17.6 Å². The molecule has 7 atom stereocenters. The molecular formula is C27H49N7O11. The molecule has 258 valence electrons. The molecule has 0 heterocycles. The number of amides is 6. The second kappa shape index (κ2) is 20.2. The van der Waals surface area contributed by atoms with Gasteiger partial charge in [0.15, 0.2) is 0 Å². The molecule has 0 radical (unpaired) electrons. The minimum absolute atomic E-state index is 0.0617. The molecular weight excluding hydrogens is 598 g/mol. The van der Waals surface area contributed by atoms with E-state index in [-0.39, 0.29) is 18.3 Å². The Morgan fingerprint density at radius 3 is 1.20 bits per heavy atom. The number of carboxylic acids is 1. The van der Waals surface area contributed by atoms with Gasteiger partial charge in [0.2, 0.25) is 35.4 Å². The number of aliphatic hydroxyl groups is 3. The molecule has 0 aliphatic rings. The molecule has 18 heteroatoms. The van der Waals surface area contributed by atoms with Crippen LogP contribution in [0.4, 0.5) is 0 Å². The van der Waals surface area contributed by atoms with Gasteiger partial charge in [0.05, 0.1) is 25.9 Å². The van der Waals surface area contributed by atoms with Crippen molar-refractivity contribution in [3.63, 3.8) is 0 Å². The van der Waals surface area contributed by atoms with Crippen molar-refractivity contribution in [2.75, 3.05) is 19.8 Å². The van der Waals surface area contributed by atoms with Gasteiger partial charge in [-0.1, -0.05) is 27.7 Å². The zero-order chi connectivity index (χ0) is 35.0. The van der Waals surface area contributed by atoms with Gasteiger partial charge in [0.25, 0.3) is 0 Å². The molecule has 0 aliphatic heterocycles. The van der Waals surface area contributed by atoms with E-state index >= 15 is 0 Å². The summed E-state index contributed by atoms with van der Waals surface area (Å²) in [6, 6.07) is -9.32. The Morgan fingerprint density at radius 1 is 0.489 bits per heavy atom. The number of hydrogen-bond acceptors (Lipinski definition) is 11. The van der Waals surface area contributed by atoms with Crippen molar-refractivity contribution < 1.29 is 54.0 Å². The third-order valence-electron chi connectivity index (χ3n) is 6.33. The number of nitrogens with one attached hydrogen (secondary N) is 6. The van der Waals surface area contributed by atoms with Gasteiger partial charge in [-0.3, -0.25) is 28.8 Å². The summed E-state index contributed by atoms with van der Waals surface area (Å²) in [5.74, 6) is -6.73. The van der Waals surface area contributed by atoms with Crippen LogP contribution in [0.1, 0.15) is 54.4 Å². The minimum Gasteiger partial charge on any atom is -0.480 e. The second-order valence-electron chi connectivity index (χ2n) is 11.5. The molecule has 0 aromatic rings. The fraction of sp³-hybridized carbons (Fsp3) is 0.741. The van der Waals surface area contributed by atoms with Crippen LogP contribution in [-0.4, -0.2) is 124 Å². The quantitative estimate of drug-likeness (QED) is 0.0595. The zero-order valence-electron chi connectivity index (χ0n) is 26.5. The van der Waals surface area contributed by atoms with Crippen molar-refractivity contribution in [1.82, 2.24) is 31.9 Å². The molecule has 0 unspecified atom stereocenters. The predicted molar refractivity (Wildman–Crippen MR) is 159 cm³/mol. The van der Waals surface area contributed by atoms with Crippen LogP contribution < -0.4 is 37.6 Å². The number of hydrogen-bond donors (Lipinski definition) is 11. The molecule has 12 N–H and O–H groups in total. The Morgan fingerprint density at radius 2 is 0.822 bits per heavy atom. The van der Waals surface area contributed by atoms with Crippen molar-refractivity contribution >= 4 is 41.4 Å². The highest BCUT2D eigenvalue weighted by Crippen LogP contribution is 2.07. The first kappa shape index (κ1) is 41.1. The van der Waals surface area contributed by atoms with Gasteiger partial charge in [0, 0.05) is 0 Å². The number of nitrogens with two attached hydrogens (primary N) is 1. The first-order valence-corrected chi connectivity index (χ1v) is 14.5. The monoisotopic (exact) mass is 647 g/mol. The van der Waals surface area contributed by atoms with Gasteiger partial charge in [-0.2, -0.15) is 0 Å². The highest BCUT2D eigenvalue weighted by molar-refractivity contribution is 5.96. The van der Waals surface area contributed by atoms with E-state index in [1.54, 1.807) is 13.8 Å². The lowest BCUT2D eigenvalue weighted by Crippen LogP contribution is -2.60. The van der Waals surface area contributed by atoms with Crippen LogP contribution in [0.15, 0.2) is 0 Å². The van der Waals surface area contributed by atoms with Crippen molar-refractivity contribution in [3.8, 4) is 0 Å². The number of carbonyl (C=O) groups is 7. The van der Waals surface area contributed by atoms with Gasteiger partial charge in [-0.25, -0.2) is 4.79 Å². The molecule has 0 fully saturated rings. The van der Waals surface area contributed by atoms with Crippen LogP contribution >= 0.6 is 0 Å². The number of rotatable bonds is 20. The second-order valence-corrected chi connectivity index (χ2v) is 11.5. The van der Waals surface area contributed by atoms with Crippen molar-refractivity contribution in [1.29, 1.82) is 0 Å². The van der Waals surface area contributed by atoms with Gasteiger partial charge in [0.1, 0.15) is 36.3 Å². The van der Waals surface area contributed by atoms with Crippen LogP contribution in [0.3, 0.4) is 0 Å². The lowest BCUT2D eigenvalue weighted by atomic mass is 10.0. The maximum atomic E-state index is 12.9. The average molecular weight is 648 g/mol. The van der Waals surface area contributed by atoms with Gasteiger partial charge in [-0.05, 0) is 38.5 Å². The molecule has 6 amide bonds. The number of aliphatic carboxylic acids is 1. The smallest absolute Gasteiger partial charge is 0.328 e. The van der Waals surface area contributed by atoms with E-state index in [1.165, 1.54) is 13.8 Å². The molecule has 45 heavy (non-hydrogen) atoms. The average Bonchev–Trinajstić information content (AvgIpc) is 2.95. The largest absolute Gasteiger partial charge is 0.480 e. The van der Waals surface area contributed by atoms with Crippen LogP contribution in [-0.2, 0) is 33.6 Å². The molecule has 0 aromatic carbocycles. The number of aliphatic hydroxyl groups excluding tert-OH is 3. The van der Waals surface area contributed by atoms with Crippen LogP contribution in [0.25, 0.3) is 0 Å². The summed E-state index contributed by atoms with van der Waals surface area (Å²) < 4.78 is 0. The lowest BCUT2D eigenvalue weighted by molar-refractivity contribution is -0.143. The third-order valence-corrected chi connectivity index (χ3v) is 6.33. The van der Waals surface area contributed by atoms with Crippen LogP contribution in [0, 0.1) is 11.8 Å². The normalized spacial score (nSPS) is 15.8. The van der Waals surface area contributed by atoms with E-state index in [4.69, 9.17) is 15.9 Å². The Labute approximate surface area is 261 Å². The fourth-order valence-electron chi connectivity index (χ4n) is 3.80. The molecule has 0 saturated carbocycles. The van der Waals surface area contributed by atoms with Crippen LogP contribution in [0.2, 0.25) is 0 Å². The van der Waals surface area contributed by atoms with Crippen molar-refractivity contribution in [3.05, 3.63) is 0 Å². The van der Waals surface area contributed by atoms with E-state index in [0.29, 0.717) is 6.42 Å². The Bertz CT molecular complexity index is 1040. The first-order chi connectivity index (χ1) is 20.9. The van der Waals surface area contributed by atoms with E-state index in [9.17, 15) is 43.8 Å². The number of carbonyl (C=O) groups excluding carboxylic acids is 6. The topological polar surface area (TPSA) is 299 Å². The number of carboxylic acid groups (broad SMARTS) is 1. The van der Waals surface area contributed by atoms with Gasteiger partial charge in [-0.15, -0.1) is 0 Å². The predicted octanol–water partition coefficient (Wildman–Crippen LogP) is -4.58. The van der Waals surface area contributed by atoms with Crippen LogP contribution in [0.5, 0.6) is 0 Å². The molecule has 0 saturated heterocycles. The summed E-state index contributed by atoms with van der Waals surface area (Å²) >= 11 is 0. The fourth-order valence-corrected chi connectivity index (χ4v) is 3.80. The zero-order valence-corrected chi connectivity index (χ0v) is 26.5. The molecule has 0 spiro atoms. The highest BCUT2D eigenvalue weighted by Gasteiger charge is 2.32. The van der Waals surface area contributed by atoms with E-state index in [1.807, 2.05) is 13.8 Å². The van der Waals surface area contributed by atoms with Gasteiger partial charge >= 0.3 is 5.97 Å². The van der Waals surface area contributed by atoms with E-state index in [0.717, 1.165) is 0 Å². The Balaban J connectivity index is 5.40. The third kappa shape index (κ3) is 15.1. The minimum atomic E-state index is -1.63. The highest BCUT2D eigenvalue weighted by atomic mass is 16.4. The summed E-state index contributed by atoms with van der Waals surface area (Å²) in [7, 11) is 0. The summed E-state index contributed by atoms with van der Waals surface area (Å²) in [5, 5.41) is 51.1. The van der Waals surface area contributed by atoms with Gasteiger partial charge < -0.3 is 58.1 Å². The lowest BCUT2D eigenvalue weighted by Gasteiger charge is -2.26. The summed E-state index contributed by atoms with van der Waals surface area (Å²) in [4.78, 5) is 86.7. The SMILES string of the molecule is CC(C)C[C@H](NC(=O)[C@H](CO)NC(=O)[C@H](CO)NC(=O)[C@H](C)NC(=O)[C@@H](N)CC(C)C)C(=O)N[C@@H](C)C(=O)N[C@@H](CO)C(=O)O. The molecule has 0 aliphatic carbocycles. The first-order valence-electron chi connectivity index (χ1n) is 14.5. The maximum absolute atomic E-state index is 12.9. The molecule has 0 aromatic heterocycles. The van der Waals surface area contributed by atoms with E-state index < -0.39 is 104 Å². The van der Waals surface area contributed by atoms with E-state index in [2.05, 4.69) is 31.9 Å². The maximum Gasteiger partial charge on any atom is 0.328 e. The Kier molecular flexibility index (Phi) is 18.5. The summed E-state index contributed by atoms with van der Waals surface area (Å²) in [6.07, 6.45) is 0.435. The molecule has 0 rings (SSSR count). The Hall–Kier alpha value is -3.87. The summed E-state index contributed by atoms with van der Waals surface area (Å²) in [6.45, 7) is 7.09. The molecule has 0 bridgehead atoms. The summed E-state index contributed by atoms with van der Waals surface area (Å²) in [5.41, 5.74) is 5.81. The standard InChI is InChI=1S/C27H49N7O11/c1-12(2)7-16(28)23(40)29-14(5)21(38)32-18(9-35)26(43)33-19(10-36)25(42)31-17(8-13(3)4)24(41)30-15(6)22(39)34-20(11-37)27(44)45/h12-20,35-37H,7-11,28H2,1-6H3,(H,29,40)(H,30,41)(H,31,42)(H,32,38)(H,33,43)(H,34,39)(H,44,45)/t14-,15-,16-,17-,18-,19-,20-/m0/s1. The van der Waals surface area contributed by atoms with Crippen molar-refractivity contribution in [2.45, 2.75) is 96.7 Å².